The van der Waals surface area contributed by atoms with E-state index in [4.69, 9.17) is 0 Å². The molecule has 0 bridgehead atoms. The van der Waals surface area contributed by atoms with E-state index >= 15 is 0 Å². The van der Waals surface area contributed by atoms with Gasteiger partial charge in [0, 0.05) is 23.1 Å². The van der Waals surface area contributed by atoms with Gasteiger partial charge in [-0.1, -0.05) is 30.9 Å². The van der Waals surface area contributed by atoms with Crippen molar-refractivity contribution >= 4 is 29.3 Å². The minimum Gasteiger partial charge on any atom is -0.341 e. The van der Waals surface area contributed by atoms with Gasteiger partial charge in [0.05, 0.1) is 12.1 Å². The average molecular weight is 352 g/mol. The normalized spacial score (nSPS) is 9.68. The third kappa shape index (κ3) is 6.02. The maximum absolute atomic E-state index is 12.3. The van der Waals surface area contributed by atoms with Gasteiger partial charge >= 0.3 is 0 Å². The van der Waals surface area contributed by atoms with E-state index in [0.717, 1.165) is 21.9 Å². The van der Waals surface area contributed by atoms with Gasteiger partial charge in [0.1, 0.15) is 0 Å². The summed E-state index contributed by atoms with van der Waals surface area (Å²) >= 11 is 1.64. The summed E-state index contributed by atoms with van der Waals surface area (Å²) < 4.78 is 0. The lowest BCUT2D eigenvalue weighted by molar-refractivity contribution is -0.114. The lowest BCUT2D eigenvalue weighted by atomic mass is 10.2. The molecule has 0 aliphatic carbocycles. The molecule has 4 nitrogen and oxygen atoms in total. The fraction of sp³-hybridized carbons (Fsp3) is 0.200. The molecule has 25 heavy (non-hydrogen) atoms. The molecular weight excluding hydrogens is 332 g/mol. The number of carbonyl (C=O) groups is 2. The molecule has 5 heteroatoms. The Bertz CT molecular complexity index is 804. The van der Waals surface area contributed by atoms with Crippen molar-refractivity contribution < 1.29 is 9.59 Å². The zero-order valence-electron chi connectivity index (χ0n) is 14.3. The van der Waals surface area contributed by atoms with Crippen LogP contribution in [-0.2, 0) is 4.79 Å². The number of anilines is 1. The summed E-state index contributed by atoms with van der Waals surface area (Å²) in [5.74, 6) is 6.62. The van der Waals surface area contributed by atoms with Crippen molar-refractivity contribution in [3.05, 3.63) is 59.7 Å². The maximum atomic E-state index is 12.3. The first-order valence-corrected chi connectivity index (χ1v) is 8.95. The van der Waals surface area contributed by atoms with E-state index in [1.165, 1.54) is 6.92 Å². The first-order chi connectivity index (χ1) is 12.1. The molecular formula is C20H20N2O2S. The van der Waals surface area contributed by atoms with E-state index in [-0.39, 0.29) is 18.4 Å². The van der Waals surface area contributed by atoms with Crippen LogP contribution in [0.5, 0.6) is 0 Å². The van der Waals surface area contributed by atoms with Gasteiger partial charge in [-0.05, 0) is 42.2 Å². The number of nitrogens with one attached hydrogen (secondary N) is 2. The van der Waals surface area contributed by atoms with Crippen LogP contribution in [0.4, 0.5) is 5.69 Å². The van der Waals surface area contributed by atoms with Gasteiger partial charge in [-0.25, -0.2) is 0 Å². The summed E-state index contributed by atoms with van der Waals surface area (Å²) in [4.78, 5) is 24.2. The molecule has 128 valence electrons. The summed E-state index contributed by atoms with van der Waals surface area (Å²) in [6, 6.07) is 14.8. The van der Waals surface area contributed by atoms with Crippen LogP contribution in [0.15, 0.2) is 53.4 Å². The van der Waals surface area contributed by atoms with Crippen LogP contribution in [-0.4, -0.2) is 24.1 Å². The zero-order chi connectivity index (χ0) is 18.1. The van der Waals surface area contributed by atoms with Gasteiger partial charge in [-0.2, -0.15) is 0 Å². The minimum absolute atomic E-state index is 0.108. The van der Waals surface area contributed by atoms with Crippen LogP contribution in [0.25, 0.3) is 0 Å². The van der Waals surface area contributed by atoms with E-state index in [1.807, 2.05) is 36.4 Å². The largest absolute Gasteiger partial charge is 0.341 e. The highest BCUT2D eigenvalue weighted by molar-refractivity contribution is 7.99. The van der Waals surface area contributed by atoms with Gasteiger partial charge in [-0.15, -0.1) is 11.8 Å². The Labute approximate surface area is 152 Å². The molecule has 0 unspecified atom stereocenters. The van der Waals surface area contributed by atoms with Gasteiger partial charge in [0.25, 0.3) is 5.91 Å². The Balaban J connectivity index is 1.92. The van der Waals surface area contributed by atoms with Crippen molar-refractivity contribution in [2.24, 2.45) is 0 Å². The number of rotatable bonds is 5. The molecule has 2 aromatic rings. The fourth-order valence-corrected chi connectivity index (χ4v) is 2.94. The van der Waals surface area contributed by atoms with Crippen LogP contribution in [0.3, 0.4) is 0 Å². The van der Waals surface area contributed by atoms with Gasteiger partial charge < -0.3 is 10.6 Å². The molecule has 0 radical (unpaired) electrons. The highest BCUT2D eigenvalue weighted by Crippen LogP contribution is 2.21. The molecule has 0 aliphatic rings. The van der Waals surface area contributed by atoms with Crippen molar-refractivity contribution in [2.75, 3.05) is 17.6 Å². The lowest BCUT2D eigenvalue weighted by Crippen LogP contribution is -2.24. The molecule has 0 aromatic heterocycles. The molecule has 0 heterocycles. The smallest absolute Gasteiger partial charge is 0.253 e. The summed E-state index contributed by atoms with van der Waals surface area (Å²) in [5.41, 5.74) is 2.23. The molecule has 2 amide bonds. The first-order valence-electron chi connectivity index (χ1n) is 7.96. The fourth-order valence-electron chi connectivity index (χ4n) is 2.14. The number of hydrogen-bond acceptors (Lipinski definition) is 3. The average Bonchev–Trinajstić information content (AvgIpc) is 2.60. The monoisotopic (exact) mass is 352 g/mol. The van der Waals surface area contributed by atoms with E-state index in [9.17, 15) is 9.59 Å². The van der Waals surface area contributed by atoms with Gasteiger partial charge in [0.15, 0.2) is 0 Å². The maximum Gasteiger partial charge on any atom is 0.253 e. The van der Waals surface area contributed by atoms with Crippen molar-refractivity contribution in [3.8, 4) is 11.8 Å². The molecule has 2 N–H and O–H groups in total. The van der Waals surface area contributed by atoms with Crippen LogP contribution >= 0.6 is 11.8 Å². The summed E-state index contributed by atoms with van der Waals surface area (Å²) in [6.45, 7) is 3.80. The Morgan fingerprint density at radius 1 is 1.08 bits per heavy atom. The van der Waals surface area contributed by atoms with Crippen LogP contribution in [0, 0.1) is 11.8 Å². The second kappa shape index (κ2) is 9.55. The Morgan fingerprint density at radius 3 is 2.48 bits per heavy atom. The number of hydrogen-bond donors (Lipinski definition) is 2. The highest BCUT2D eigenvalue weighted by Gasteiger charge is 2.09. The Morgan fingerprint density at radius 2 is 1.80 bits per heavy atom. The molecule has 0 aliphatic heterocycles. The topological polar surface area (TPSA) is 58.2 Å². The van der Waals surface area contributed by atoms with Crippen LogP contribution < -0.4 is 10.6 Å². The van der Waals surface area contributed by atoms with Crippen molar-refractivity contribution in [3.63, 3.8) is 0 Å². The summed E-state index contributed by atoms with van der Waals surface area (Å²) in [6.07, 6.45) is 0. The second-order valence-electron chi connectivity index (χ2n) is 5.17. The van der Waals surface area contributed by atoms with Gasteiger partial charge in [0.2, 0.25) is 5.91 Å². The Hall–Kier alpha value is -2.71. The predicted octanol–water partition coefficient (Wildman–Crippen LogP) is 3.54. The third-order valence-corrected chi connectivity index (χ3v) is 4.16. The third-order valence-electron chi connectivity index (χ3n) is 3.21. The number of benzene rings is 2. The summed E-state index contributed by atoms with van der Waals surface area (Å²) in [5, 5.41) is 5.52. The molecule has 0 saturated carbocycles. The molecule has 2 aromatic carbocycles. The quantitative estimate of drug-likeness (QED) is 0.639. The second-order valence-corrected chi connectivity index (χ2v) is 6.48. The van der Waals surface area contributed by atoms with E-state index in [0.29, 0.717) is 5.56 Å². The molecule has 0 saturated heterocycles. The standard InChI is InChI=1S/C20H20N2O2S/c1-3-25-19-9-5-4-8-18(19)20(24)21-14-6-7-16-10-12-17(13-11-16)22-15(2)23/h4-5,8-13H,3,14H2,1-2H3,(H,21,24)(H,22,23). The van der Waals surface area contributed by atoms with Crippen LogP contribution in [0.2, 0.25) is 0 Å². The summed E-state index contributed by atoms with van der Waals surface area (Å²) in [7, 11) is 0. The van der Waals surface area contributed by atoms with E-state index in [1.54, 1.807) is 23.9 Å². The van der Waals surface area contributed by atoms with E-state index < -0.39 is 0 Å². The molecule has 0 spiro atoms. The molecule has 0 atom stereocenters. The number of thioether (sulfide) groups is 1. The van der Waals surface area contributed by atoms with Gasteiger partial charge in [-0.3, -0.25) is 9.59 Å². The lowest BCUT2D eigenvalue weighted by Gasteiger charge is -2.07. The number of amides is 2. The molecule has 2 rings (SSSR count). The van der Waals surface area contributed by atoms with E-state index in [2.05, 4.69) is 29.4 Å². The predicted molar refractivity (Wildman–Crippen MR) is 103 cm³/mol. The highest BCUT2D eigenvalue weighted by atomic mass is 32.2. The van der Waals surface area contributed by atoms with Crippen molar-refractivity contribution in [2.45, 2.75) is 18.7 Å². The zero-order valence-corrected chi connectivity index (χ0v) is 15.1. The minimum atomic E-state index is -0.119. The molecule has 0 fully saturated rings. The van der Waals surface area contributed by atoms with Crippen molar-refractivity contribution in [1.82, 2.24) is 5.32 Å². The first kappa shape index (κ1) is 18.6. The van der Waals surface area contributed by atoms with Crippen LogP contribution in [0.1, 0.15) is 29.8 Å². The SMILES string of the molecule is CCSc1ccccc1C(=O)NCC#Cc1ccc(NC(C)=O)cc1. The van der Waals surface area contributed by atoms with Crippen molar-refractivity contribution in [1.29, 1.82) is 0 Å². The number of carbonyl (C=O) groups excluding carboxylic acids is 2. The Kier molecular flexibility index (Phi) is 7.12.